The van der Waals surface area contributed by atoms with Gasteiger partial charge in [0.25, 0.3) is 0 Å². The highest BCUT2D eigenvalue weighted by Gasteiger charge is 2.09. The van der Waals surface area contributed by atoms with E-state index >= 15 is 0 Å². The van der Waals surface area contributed by atoms with Crippen LogP contribution in [0.2, 0.25) is 0 Å². The number of hydrogen-bond donors (Lipinski definition) is 1. The van der Waals surface area contributed by atoms with Crippen LogP contribution in [0.25, 0.3) is 0 Å². The van der Waals surface area contributed by atoms with Gasteiger partial charge in [-0.25, -0.2) is 9.97 Å². The molecular weight excluding hydrogens is 200 g/mol. The van der Waals surface area contributed by atoms with Gasteiger partial charge >= 0.3 is 0 Å². The van der Waals surface area contributed by atoms with Gasteiger partial charge in [0.05, 0.1) is 0 Å². The normalized spacial score (nSPS) is 10.6. The lowest BCUT2D eigenvalue weighted by Gasteiger charge is -2.23. The van der Waals surface area contributed by atoms with Crippen LogP contribution in [-0.4, -0.2) is 30.1 Å². The Morgan fingerprint density at radius 3 is 2.56 bits per heavy atom. The highest BCUT2D eigenvalue weighted by molar-refractivity contribution is 5.49. The lowest BCUT2D eigenvalue weighted by molar-refractivity contribution is 0.731. The second kappa shape index (κ2) is 5.68. The van der Waals surface area contributed by atoms with E-state index in [2.05, 4.69) is 48.0 Å². The van der Waals surface area contributed by atoms with E-state index in [4.69, 9.17) is 0 Å². The van der Waals surface area contributed by atoms with Crippen molar-refractivity contribution in [2.45, 2.75) is 39.7 Å². The minimum absolute atomic E-state index is 0.439. The summed E-state index contributed by atoms with van der Waals surface area (Å²) in [5.41, 5.74) is 0. The molecule has 90 valence electrons. The Balaban J connectivity index is 3.03. The maximum absolute atomic E-state index is 4.57. The van der Waals surface area contributed by atoms with Gasteiger partial charge in [-0.2, -0.15) is 0 Å². The fourth-order valence-electron chi connectivity index (χ4n) is 1.39. The Morgan fingerprint density at radius 2 is 2.06 bits per heavy atom. The summed E-state index contributed by atoms with van der Waals surface area (Å²) < 4.78 is 0. The van der Waals surface area contributed by atoms with E-state index < -0.39 is 0 Å². The Hall–Kier alpha value is -1.32. The van der Waals surface area contributed by atoms with Crippen molar-refractivity contribution in [1.29, 1.82) is 0 Å². The van der Waals surface area contributed by atoms with E-state index in [0.717, 1.165) is 30.3 Å². The van der Waals surface area contributed by atoms with Crippen molar-refractivity contribution < 1.29 is 0 Å². The van der Waals surface area contributed by atoms with Gasteiger partial charge < -0.3 is 10.2 Å². The molecule has 16 heavy (non-hydrogen) atoms. The molecule has 4 nitrogen and oxygen atoms in total. The maximum atomic E-state index is 4.57. The first-order valence-electron chi connectivity index (χ1n) is 5.87. The molecule has 0 aliphatic carbocycles. The molecule has 0 aliphatic rings. The van der Waals surface area contributed by atoms with E-state index in [9.17, 15) is 0 Å². The van der Waals surface area contributed by atoms with Crippen LogP contribution >= 0.6 is 0 Å². The molecule has 0 aliphatic heterocycles. The summed E-state index contributed by atoms with van der Waals surface area (Å²) in [4.78, 5) is 11.2. The topological polar surface area (TPSA) is 41.1 Å². The molecule has 0 radical (unpaired) electrons. The molecule has 0 unspecified atom stereocenters. The van der Waals surface area contributed by atoms with Gasteiger partial charge in [-0.15, -0.1) is 0 Å². The summed E-state index contributed by atoms with van der Waals surface area (Å²) in [6.07, 6.45) is 1.99. The average molecular weight is 222 g/mol. The molecule has 4 heteroatoms. The highest BCUT2D eigenvalue weighted by atomic mass is 15.2. The van der Waals surface area contributed by atoms with Gasteiger partial charge in [-0.1, -0.05) is 6.92 Å². The van der Waals surface area contributed by atoms with Crippen molar-refractivity contribution in [2.75, 3.05) is 24.3 Å². The fraction of sp³-hybridized carbons (Fsp3) is 0.667. The van der Waals surface area contributed by atoms with Crippen LogP contribution in [0.15, 0.2) is 6.07 Å². The molecule has 1 heterocycles. The van der Waals surface area contributed by atoms with Crippen molar-refractivity contribution in [3.63, 3.8) is 0 Å². The lowest BCUT2D eigenvalue weighted by Crippen LogP contribution is -2.27. The third-order valence-corrected chi connectivity index (χ3v) is 2.62. The van der Waals surface area contributed by atoms with E-state index in [1.54, 1.807) is 0 Å². The van der Waals surface area contributed by atoms with E-state index in [1.165, 1.54) is 0 Å². The van der Waals surface area contributed by atoms with Gasteiger partial charge in [0.1, 0.15) is 17.5 Å². The first kappa shape index (κ1) is 12.7. The molecule has 1 aromatic rings. The van der Waals surface area contributed by atoms with Gasteiger partial charge in [0.2, 0.25) is 0 Å². The van der Waals surface area contributed by atoms with Crippen LogP contribution in [0, 0.1) is 0 Å². The standard InChI is InChI=1S/C12H22N4/c1-6-7-10-14-11(13-4)8-12(15-10)16(5)9(2)3/h8-9H,6-7H2,1-5H3,(H,13,14,15). The lowest BCUT2D eigenvalue weighted by atomic mass is 10.3. The molecule has 0 saturated heterocycles. The molecule has 0 aromatic carbocycles. The largest absolute Gasteiger partial charge is 0.373 e. The summed E-state index contributed by atoms with van der Waals surface area (Å²) in [5.74, 6) is 2.79. The van der Waals surface area contributed by atoms with E-state index in [0.29, 0.717) is 6.04 Å². The van der Waals surface area contributed by atoms with Crippen molar-refractivity contribution in [3.05, 3.63) is 11.9 Å². The molecule has 1 rings (SSSR count). The third kappa shape index (κ3) is 3.08. The second-order valence-corrected chi connectivity index (χ2v) is 4.23. The van der Waals surface area contributed by atoms with Gasteiger partial charge in [0.15, 0.2) is 0 Å². The number of anilines is 2. The minimum atomic E-state index is 0.439. The molecule has 0 saturated carbocycles. The van der Waals surface area contributed by atoms with Crippen molar-refractivity contribution >= 4 is 11.6 Å². The van der Waals surface area contributed by atoms with Gasteiger partial charge in [-0.05, 0) is 20.3 Å². The number of aromatic nitrogens is 2. The number of nitrogens with one attached hydrogen (secondary N) is 1. The predicted molar refractivity (Wildman–Crippen MR) is 69.1 cm³/mol. The number of rotatable bonds is 5. The molecule has 1 N–H and O–H groups in total. The zero-order chi connectivity index (χ0) is 12.1. The Morgan fingerprint density at radius 1 is 1.38 bits per heavy atom. The van der Waals surface area contributed by atoms with Crippen LogP contribution in [0.1, 0.15) is 33.0 Å². The summed E-state index contributed by atoms with van der Waals surface area (Å²) in [5, 5.41) is 3.08. The number of hydrogen-bond acceptors (Lipinski definition) is 4. The quantitative estimate of drug-likeness (QED) is 0.830. The van der Waals surface area contributed by atoms with Crippen molar-refractivity contribution in [2.24, 2.45) is 0 Å². The predicted octanol–water partition coefficient (Wildman–Crippen LogP) is 2.32. The first-order chi connectivity index (χ1) is 7.58. The third-order valence-electron chi connectivity index (χ3n) is 2.62. The summed E-state index contributed by atoms with van der Waals surface area (Å²) in [7, 11) is 3.94. The number of nitrogens with zero attached hydrogens (tertiary/aromatic N) is 3. The minimum Gasteiger partial charge on any atom is -0.373 e. The first-order valence-corrected chi connectivity index (χ1v) is 5.87. The second-order valence-electron chi connectivity index (χ2n) is 4.23. The van der Waals surface area contributed by atoms with E-state index in [-0.39, 0.29) is 0 Å². The zero-order valence-electron chi connectivity index (χ0n) is 10.9. The summed E-state index contributed by atoms with van der Waals surface area (Å²) in [6, 6.07) is 2.42. The van der Waals surface area contributed by atoms with Crippen LogP contribution in [-0.2, 0) is 6.42 Å². The van der Waals surface area contributed by atoms with Crippen LogP contribution in [0.3, 0.4) is 0 Å². The van der Waals surface area contributed by atoms with E-state index in [1.807, 2.05) is 13.1 Å². The average Bonchev–Trinajstić information content (AvgIpc) is 2.27. The summed E-state index contributed by atoms with van der Waals surface area (Å²) >= 11 is 0. The Bertz CT molecular complexity index is 336. The van der Waals surface area contributed by atoms with Crippen LogP contribution in [0.4, 0.5) is 11.6 Å². The van der Waals surface area contributed by atoms with Crippen molar-refractivity contribution in [3.8, 4) is 0 Å². The van der Waals surface area contributed by atoms with Crippen molar-refractivity contribution in [1.82, 2.24) is 9.97 Å². The molecule has 0 bridgehead atoms. The SMILES string of the molecule is CCCc1nc(NC)cc(N(C)C(C)C)n1. The zero-order valence-corrected chi connectivity index (χ0v) is 10.9. The smallest absolute Gasteiger partial charge is 0.134 e. The van der Waals surface area contributed by atoms with Crippen LogP contribution in [0.5, 0.6) is 0 Å². The maximum Gasteiger partial charge on any atom is 0.134 e. The van der Waals surface area contributed by atoms with Gasteiger partial charge in [0, 0.05) is 32.6 Å². The van der Waals surface area contributed by atoms with Crippen LogP contribution < -0.4 is 10.2 Å². The summed E-state index contributed by atoms with van der Waals surface area (Å²) in [6.45, 7) is 6.45. The molecule has 0 spiro atoms. The monoisotopic (exact) mass is 222 g/mol. The molecule has 1 aromatic heterocycles. The molecular formula is C12H22N4. The fourth-order valence-corrected chi connectivity index (χ4v) is 1.39. The van der Waals surface area contributed by atoms with Gasteiger partial charge in [-0.3, -0.25) is 0 Å². The molecule has 0 fully saturated rings. The Labute approximate surface area is 98.1 Å². The highest BCUT2D eigenvalue weighted by Crippen LogP contribution is 2.17. The molecule has 0 amide bonds. The molecule has 0 atom stereocenters. The number of aryl methyl sites for hydroxylation is 1. The Kier molecular flexibility index (Phi) is 4.52.